The lowest BCUT2D eigenvalue weighted by Gasteiger charge is -2.34. The molecule has 25 heavy (non-hydrogen) atoms. The number of likely N-dealkylation sites (tertiary alicyclic amines) is 1. The summed E-state index contributed by atoms with van der Waals surface area (Å²) in [7, 11) is 0. The van der Waals surface area contributed by atoms with Crippen LogP contribution in [-0.2, 0) is 9.59 Å². The zero-order valence-corrected chi connectivity index (χ0v) is 16.6. The molecule has 0 aromatic heterocycles. The molecular weight excluding hydrogens is 316 g/mol. The highest BCUT2D eigenvalue weighted by Crippen LogP contribution is 2.19. The second kappa shape index (κ2) is 11.5. The lowest BCUT2D eigenvalue weighted by atomic mass is 9.93. The topological polar surface area (TPSA) is 78.7 Å². The second-order valence-corrected chi connectivity index (χ2v) is 7.18. The van der Waals surface area contributed by atoms with Crippen LogP contribution in [-0.4, -0.2) is 66.9 Å². The third kappa shape index (κ3) is 6.94. The fourth-order valence-electron chi connectivity index (χ4n) is 3.27. The standard InChI is InChI=1S/C19H38N4O2/c1-5-15(4)17(20)19(25)23-13-9-16(10-14-23)18(24)21-11-8-12-22(6-2)7-3/h15-17H,5-14,20H2,1-4H3,(H,21,24). The maximum absolute atomic E-state index is 12.4. The molecule has 0 aromatic carbocycles. The van der Waals surface area contributed by atoms with Crippen LogP contribution in [0.1, 0.15) is 53.4 Å². The van der Waals surface area contributed by atoms with E-state index in [-0.39, 0.29) is 23.7 Å². The Morgan fingerprint density at radius 1 is 1.20 bits per heavy atom. The fraction of sp³-hybridized carbons (Fsp3) is 0.895. The van der Waals surface area contributed by atoms with E-state index in [1.54, 1.807) is 0 Å². The van der Waals surface area contributed by atoms with Crippen molar-refractivity contribution in [2.24, 2.45) is 17.6 Å². The third-order valence-corrected chi connectivity index (χ3v) is 5.56. The lowest BCUT2D eigenvalue weighted by Crippen LogP contribution is -2.51. The molecule has 1 saturated heterocycles. The maximum atomic E-state index is 12.4. The second-order valence-electron chi connectivity index (χ2n) is 7.18. The molecule has 1 fully saturated rings. The summed E-state index contributed by atoms with van der Waals surface area (Å²) in [6.45, 7) is 13.5. The number of nitrogens with one attached hydrogen (secondary N) is 1. The minimum absolute atomic E-state index is 0.0253. The molecule has 6 nitrogen and oxygen atoms in total. The molecule has 0 saturated carbocycles. The van der Waals surface area contributed by atoms with E-state index < -0.39 is 6.04 Å². The molecule has 1 heterocycles. The number of carbonyl (C=O) groups is 2. The van der Waals surface area contributed by atoms with Gasteiger partial charge in [0.15, 0.2) is 0 Å². The molecular formula is C19H38N4O2. The molecule has 0 aromatic rings. The largest absolute Gasteiger partial charge is 0.356 e. The number of hydrogen-bond acceptors (Lipinski definition) is 4. The van der Waals surface area contributed by atoms with Crippen LogP contribution < -0.4 is 11.1 Å². The van der Waals surface area contributed by atoms with Gasteiger partial charge in [0.25, 0.3) is 0 Å². The quantitative estimate of drug-likeness (QED) is 0.582. The summed E-state index contributed by atoms with van der Waals surface area (Å²) < 4.78 is 0. The van der Waals surface area contributed by atoms with Crippen LogP contribution in [0.5, 0.6) is 0 Å². The number of hydrogen-bond donors (Lipinski definition) is 2. The van der Waals surface area contributed by atoms with Crippen LogP contribution in [0.4, 0.5) is 0 Å². The van der Waals surface area contributed by atoms with Crippen LogP contribution >= 0.6 is 0 Å². The van der Waals surface area contributed by atoms with Crippen LogP contribution in [0.3, 0.4) is 0 Å². The van der Waals surface area contributed by atoms with E-state index in [2.05, 4.69) is 31.0 Å². The van der Waals surface area contributed by atoms with Gasteiger partial charge in [0.05, 0.1) is 6.04 Å². The van der Waals surface area contributed by atoms with Gasteiger partial charge in [0.1, 0.15) is 0 Å². The van der Waals surface area contributed by atoms with Crippen LogP contribution in [0, 0.1) is 11.8 Å². The Morgan fingerprint density at radius 2 is 1.80 bits per heavy atom. The van der Waals surface area contributed by atoms with Crippen LogP contribution in [0.15, 0.2) is 0 Å². The highest BCUT2D eigenvalue weighted by atomic mass is 16.2. The molecule has 6 heteroatoms. The smallest absolute Gasteiger partial charge is 0.239 e. The minimum atomic E-state index is -0.421. The van der Waals surface area contributed by atoms with E-state index in [0.29, 0.717) is 13.1 Å². The highest BCUT2D eigenvalue weighted by Gasteiger charge is 2.30. The Labute approximate surface area is 153 Å². The number of piperidine rings is 1. The summed E-state index contributed by atoms with van der Waals surface area (Å²) in [6, 6.07) is -0.421. The molecule has 2 atom stereocenters. The minimum Gasteiger partial charge on any atom is -0.356 e. The van der Waals surface area contributed by atoms with Crippen molar-refractivity contribution in [2.75, 3.05) is 39.3 Å². The van der Waals surface area contributed by atoms with E-state index in [4.69, 9.17) is 5.73 Å². The fourth-order valence-corrected chi connectivity index (χ4v) is 3.27. The molecule has 146 valence electrons. The zero-order chi connectivity index (χ0) is 18.8. The van der Waals surface area contributed by atoms with Gasteiger partial charge in [-0.05, 0) is 44.8 Å². The first-order valence-corrected chi connectivity index (χ1v) is 9.98. The van der Waals surface area contributed by atoms with Crippen LogP contribution in [0.25, 0.3) is 0 Å². The first-order chi connectivity index (χ1) is 11.9. The Bertz CT molecular complexity index is 404. The molecule has 2 amide bonds. The number of nitrogens with two attached hydrogens (primary N) is 1. The molecule has 1 aliphatic rings. The van der Waals surface area contributed by atoms with Gasteiger partial charge >= 0.3 is 0 Å². The first-order valence-electron chi connectivity index (χ1n) is 9.98. The summed E-state index contributed by atoms with van der Waals surface area (Å²) >= 11 is 0. The van der Waals surface area contributed by atoms with Gasteiger partial charge < -0.3 is 20.9 Å². The summed E-state index contributed by atoms with van der Waals surface area (Å²) in [5.41, 5.74) is 6.05. The van der Waals surface area contributed by atoms with Crippen molar-refractivity contribution in [3.05, 3.63) is 0 Å². The zero-order valence-electron chi connectivity index (χ0n) is 16.6. The molecule has 2 unspecified atom stereocenters. The van der Waals surface area contributed by atoms with E-state index in [1.165, 1.54) is 0 Å². The predicted octanol–water partition coefficient (Wildman–Crippen LogP) is 1.45. The van der Waals surface area contributed by atoms with Gasteiger partial charge in [0.2, 0.25) is 11.8 Å². The van der Waals surface area contributed by atoms with Crippen molar-refractivity contribution in [3.63, 3.8) is 0 Å². The monoisotopic (exact) mass is 354 g/mol. The van der Waals surface area contributed by atoms with Crippen molar-refractivity contribution in [1.82, 2.24) is 15.1 Å². The lowest BCUT2D eigenvalue weighted by molar-refractivity contribution is -0.137. The molecule has 3 N–H and O–H groups in total. The van der Waals surface area contributed by atoms with Gasteiger partial charge in [0, 0.05) is 25.6 Å². The van der Waals surface area contributed by atoms with Crippen molar-refractivity contribution in [1.29, 1.82) is 0 Å². The summed E-state index contributed by atoms with van der Waals surface area (Å²) in [5, 5.41) is 3.06. The van der Waals surface area contributed by atoms with Crippen molar-refractivity contribution in [3.8, 4) is 0 Å². The van der Waals surface area contributed by atoms with E-state index >= 15 is 0 Å². The summed E-state index contributed by atoms with van der Waals surface area (Å²) in [4.78, 5) is 28.9. The van der Waals surface area contributed by atoms with Gasteiger partial charge in [-0.1, -0.05) is 34.1 Å². The Balaban J connectivity index is 2.29. The highest BCUT2D eigenvalue weighted by molar-refractivity contribution is 5.83. The summed E-state index contributed by atoms with van der Waals surface area (Å²) in [5.74, 6) is 0.391. The van der Waals surface area contributed by atoms with E-state index in [0.717, 1.165) is 51.9 Å². The first kappa shape index (κ1) is 21.9. The van der Waals surface area contributed by atoms with Gasteiger partial charge in [-0.25, -0.2) is 0 Å². The Hall–Kier alpha value is -1.14. The Kier molecular flexibility index (Phi) is 10.0. The molecule has 0 bridgehead atoms. The van der Waals surface area contributed by atoms with Crippen LogP contribution in [0.2, 0.25) is 0 Å². The summed E-state index contributed by atoms with van der Waals surface area (Å²) in [6.07, 6.45) is 3.36. The predicted molar refractivity (Wildman–Crippen MR) is 102 cm³/mol. The normalized spacial score (nSPS) is 18.2. The van der Waals surface area contributed by atoms with Gasteiger partial charge in [-0.3, -0.25) is 9.59 Å². The maximum Gasteiger partial charge on any atom is 0.239 e. The SMILES string of the molecule is CCC(C)C(N)C(=O)N1CCC(C(=O)NCCCN(CC)CC)CC1. The number of amides is 2. The number of carbonyl (C=O) groups excluding carboxylic acids is 2. The van der Waals surface area contributed by atoms with E-state index in [1.807, 2.05) is 11.8 Å². The average molecular weight is 355 g/mol. The Morgan fingerprint density at radius 3 is 2.32 bits per heavy atom. The average Bonchev–Trinajstić information content (AvgIpc) is 2.66. The van der Waals surface area contributed by atoms with Crippen molar-refractivity contribution >= 4 is 11.8 Å². The van der Waals surface area contributed by atoms with Gasteiger partial charge in [-0.2, -0.15) is 0 Å². The molecule has 0 spiro atoms. The number of rotatable bonds is 10. The molecule has 1 rings (SSSR count). The van der Waals surface area contributed by atoms with Gasteiger partial charge in [-0.15, -0.1) is 0 Å². The third-order valence-electron chi connectivity index (χ3n) is 5.56. The van der Waals surface area contributed by atoms with Crippen molar-refractivity contribution in [2.45, 2.75) is 59.4 Å². The number of nitrogens with zero attached hydrogens (tertiary/aromatic N) is 2. The van der Waals surface area contributed by atoms with Crippen molar-refractivity contribution < 1.29 is 9.59 Å². The molecule has 1 aliphatic heterocycles. The molecule has 0 aliphatic carbocycles. The molecule has 0 radical (unpaired) electrons. The van der Waals surface area contributed by atoms with E-state index in [9.17, 15) is 9.59 Å².